The van der Waals surface area contributed by atoms with Crippen LogP contribution in [-0.4, -0.2) is 86.6 Å². The van der Waals surface area contributed by atoms with Crippen molar-refractivity contribution >= 4 is 52.5 Å². The van der Waals surface area contributed by atoms with E-state index in [1.807, 2.05) is 0 Å². The van der Waals surface area contributed by atoms with E-state index in [4.69, 9.17) is 56.6 Å². The van der Waals surface area contributed by atoms with Gasteiger partial charge < -0.3 is 38.6 Å². The van der Waals surface area contributed by atoms with Gasteiger partial charge in [-0.15, -0.1) is 6.42 Å². The standard InChI is InChI=1S/C28H30ClN5O11/c1-6-27(45-16(5)36)18(13-42-28(24(37)40-7-2,25(38)41-8-3)11-17-9-10-39-12-17)44-23(20(27)43-15(4)35)34-14-31-19-21(30)32-26(29)33-22(19)34/h1,9-10,12,14,18,20,23H,7-8,11,13H2,2-5H3,(H2,30,32,33)/t18-,20+,23-,27-/m1/s1. The molecule has 45 heavy (non-hydrogen) atoms. The first kappa shape index (κ1) is 33.2. The van der Waals surface area contributed by atoms with Crippen LogP contribution in [0.4, 0.5) is 5.82 Å². The molecule has 1 saturated heterocycles. The smallest absolute Gasteiger partial charge is 0.350 e. The lowest BCUT2D eigenvalue weighted by atomic mass is 9.91. The van der Waals surface area contributed by atoms with E-state index in [9.17, 15) is 19.2 Å². The molecule has 1 fully saturated rings. The van der Waals surface area contributed by atoms with Gasteiger partial charge in [-0.25, -0.2) is 14.6 Å². The van der Waals surface area contributed by atoms with Gasteiger partial charge in [-0.05, 0) is 37.1 Å². The molecule has 17 heteroatoms. The molecule has 3 aromatic heterocycles. The highest BCUT2D eigenvalue weighted by atomic mass is 35.5. The molecule has 0 amide bonds. The van der Waals surface area contributed by atoms with E-state index in [0.717, 1.165) is 13.8 Å². The fraction of sp³-hybridized carbons (Fsp3) is 0.464. The summed E-state index contributed by atoms with van der Waals surface area (Å²) in [5.41, 5.74) is 1.99. The van der Waals surface area contributed by atoms with Crippen molar-refractivity contribution in [3.8, 4) is 12.3 Å². The predicted molar refractivity (Wildman–Crippen MR) is 152 cm³/mol. The fourth-order valence-electron chi connectivity index (χ4n) is 4.89. The van der Waals surface area contributed by atoms with Crippen LogP contribution in [-0.2, 0) is 54.0 Å². The number of nitrogens with two attached hydrogens (primary N) is 1. The van der Waals surface area contributed by atoms with Gasteiger partial charge in [0.15, 0.2) is 17.7 Å². The Bertz CT molecular complexity index is 1600. The Morgan fingerprint density at radius 3 is 2.40 bits per heavy atom. The number of esters is 4. The monoisotopic (exact) mass is 647 g/mol. The summed E-state index contributed by atoms with van der Waals surface area (Å²) in [6.07, 6.45) is 5.10. The molecule has 0 aromatic carbocycles. The molecule has 4 rings (SSSR count). The number of terminal acetylenes is 1. The predicted octanol–water partition coefficient (Wildman–Crippen LogP) is 1.54. The highest BCUT2D eigenvalue weighted by molar-refractivity contribution is 6.28. The quantitative estimate of drug-likeness (QED) is 0.0972. The molecule has 1 aliphatic heterocycles. The highest BCUT2D eigenvalue weighted by Crippen LogP contribution is 2.44. The summed E-state index contributed by atoms with van der Waals surface area (Å²) < 4.78 is 40.4. The number of hydrogen-bond donors (Lipinski definition) is 1. The number of furan rings is 1. The number of ether oxygens (including phenoxy) is 6. The van der Waals surface area contributed by atoms with Crippen molar-refractivity contribution in [3.63, 3.8) is 0 Å². The van der Waals surface area contributed by atoms with E-state index in [-0.39, 0.29) is 41.9 Å². The molecule has 16 nitrogen and oxygen atoms in total. The minimum Gasteiger partial charge on any atom is -0.472 e. The van der Waals surface area contributed by atoms with E-state index in [1.165, 1.54) is 29.5 Å². The zero-order valence-corrected chi connectivity index (χ0v) is 25.4. The van der Waals surface area contributed by atoms with Crippen LogP contribution >= 0.6 is 11.6 Å². The first-order chi connectivity index (χ1) is 21.4. The van der Waals surface area contributed by atoms with Gasteiger partial charge >= 0.3 is 23.9 Å². The molecule has 0 unspecified atom stereocenters. The molecule has 0 spiro atoms. The minimum atomic E-state index is -2.39. The Hall–Kier alpha value is -4.72. The van der Waals surface area contributed by atoms with Crippen LogP contribution in [0.1, 0.15) is 39.5 Å². The maximum absolute atomic E-state index is 13.4. The van der Waals surface area contributed by atoms with Crippen LogP contribution in [0.3, 0.4) is 0 Å². The minimum absolute atomic E-state index is 0.0539. The van der Waals surface area contributed by atoms with Crippen molar-refractivity contribution in [2.24, 2.45) is 0 Å². The van der Waals surface area contributed by atoms with Gasteiger partial charge in [0.25, 0.3) is 5.60 Å². The van der Waals surface area contributed by atoms with Crippen molar-refractivity contribution < 1.29 is 52.0 Å². The van der Waals surface area contributed by atoms with Crippen LogP contribution in [0.2, 0.25) is 5.28 Å². The number of nitrogen functional groups attached to an aromatic ring is 1. The van der Waals surface area contributed by atoms with Crippen molar-refractivity contribution in [1.29, 1.82) is 0 Å². The van der Waals surface area contributed by atoms with Crippen LogP contribution < -0.4 is 5.73 Å². The van der Waals surface area contributed by atoms with Crippen molar-refractivity contribution in [2.45, 2.75) is 63.8 Å². The van der Waals surface area contributed by atoms with Gasteiger partial charge in [0.1, 0.15) is 11.6 Å². The number of imidazole rings is 1. The molecule has 4 atom stereocenters. The largest absolute Gasteiger partial charge is 0.472 e. The summed E-state index contributed by atoms with van der Waals surface area (Å²) in [4.78, 5) is 63.9. The van der Waals surface area contributed by atoms with Gasteiger partial charge in [-0.2, -0.15) is 9.97 Å². The summed E-state index contributed by atoms with van der Waals surface area (Å²) in [7, 11) is 0. The third-order valence-corrected chi connectivity index (χ3v) is 6.88. The van der Waals surface area contributed by atoms with E-state index in [1.54, 1.807) is 13.8 Å². The third-order valence-electron chi connectivity index (χ3n) is 6.71. The molecule has 0 saturated carbocycles. The summed E-state index contributed by atoms with van der Waals surface area (Å²) in [5.74, 6) is -1.51. The molecule has 1 aliphatic rings. The van der Waals surface area contributed by atoms with E-state index < -0.39 is 60.1 Å². The number of anilines is 1. The first-order valence-electron chi connectivity index (χ1n) is 13.6. The lowest BCUT2D eigenvalue weighted by molar-refractivity contribution is -0.200. The third kappa shape index (κ3) is 6.41. The Balaban J connectivity index is 1.84. The summed E-state index contributed by atoms with van der Waals surface area (Å²) in [6.45, 7) is 4.38. The second-order valence-corrected chi connectivity index (χ2v) is 10.0. The summed E-state index contributed by atoms with van der Waals surface area (Å²) in [6, 6.07) is 1.52. The molecule has 3 aromatic rings. The van der Waals surface area contributed by atoms with E-state index >= 15 is 0 Å². The molecule has 0 radical (unpaired) electrons. The van der Waals surface area contributed by atoms with E-state index in [0.29, 0.717) is 5.56 Å². The molecular formula is C28H30ClN5O11. The Morgan fingerprint density at radius 1 is 1.16 bits per heavy atom. The van der Waals surface area contributed by atoms with Crippen molar-refractivity contribution in [3.05, 3.63) is 35.8 Å². The molecule has 4 heterocycles. The second kappa shape index (κ2) is 13.5. The van der Waals surface area contributed by atoms with Crippen LogP contribution in [0.15, 0.2) is 29.3 Å². The van der Waals surface area contributed by atoms with Gasteiger partial charge in [0, 0.05) is 20.3 Å². The average Bonchev–Trinajstić information content (AvgIpc) is 3.70. The van der Waals surface area contributed by atoms with Crippen molar-refractivity contribution in [1.82, 2.24) is 19.5 Å². The van der Waals surface area contributed by atoms with Crippen LogP contribution in [0, 0.1) is 12.3 Å². The normalized spacial score (nSPS) is 21.2. The first-order valence-corrected chi connectivity index (χ1v) is 13.9. The Morgan fingerprint density at radius 2 is 1.84 bits per heavy atom. The van der Waals surface area contributed by atoms with Gasteiger partial charge in [0.2, 0.25) is 17.0 Å². The van der Waals surface area contributed by atoms with Gasteiger partial charge in [-0.1, -0.05) is 5.92 Å². The zero-order valence-electron chi connectivity index (χ0n) is 24.7. The molecular weight excluding hydrogens is 618 g/mol. The number of rotatable bonds is 12. The lowest BCUT2D eigenvalue weighted by Crippen LogP contribution is -2.57. The Kier molecular flexibility index (Phi) is 9.96. The number of carbonyl (C=O) groups excluding carboxylic acids is 4. The summed E-state index contributed by atoms with van der Waals surface area (Å²) >= 11 is 6.04. The summed E-state index contributed by atoms with van der Waals surface area (Å²) in [5, 5.41) is -0.222. The van der Waals surface area contributed by atoms with Gasteiger partial charge in [0.05, 0.1) is 38.7 Å². The van der Waals surface area contributed by atoms with Crippen LogP contribution in [0.5, 0.6) is 0 Å². The van der Waals surface area contributed by atoms with E-state index in [2.05, 4.69) is 20.9 Å². The number of hydrogen-bond acceptors (Lipinski definition) is 15. The highest BCUT2D eigenvalue weighted by Gasteiger charge is 2.63. The van der Waals surface area contributed by atoms with Crippen LogP contribution in [0.25, 0.3) is 11.2 Å². The number of aromatic nitrogens is 4. The number of halogens is 1. The second-order valence-electron chi connectivity index (χ2n) is 9.67. The average molecular weight is 648 g/mol. The topological polar surface area (TPSA) is 206 Å². The molecule has 0 bridgehead atoms. The Labute approximate surface area is 261 Å². The maximum Gasteiger partial charge on any atom is 0.350 e. The SMILES string of the molecule is C#C[C@@]1(OC(C)=O)[C@@H](COC(Cc2ccoc2)(C(=O)OCC)C(=O)OCC)O[C@@H](n2cnc3c(N)nc(Cl)nc32)[C@@H]1OC(C)=O. The number of carbonyl (C=O) groups is 4. The van der Waals surface area contributed by atoms with Gasteiger partial charge in [-0.3, -0.25) is 14.2 Å². The lowest BCUT2D eigenvalue weighted by Gasteiger charge is -2.34. The van der Waals surface area contributed by atoms with Crippen molar-refractivity contribution in [2.75, 3.05) is 25.6 Å². The number of fused-ring (bicyclic) bond motifs is 1. The maximum atomic E-state index is 13.4. The molecule has 2 N–H and O–H groups in total. The zero-order chi connectivity index (χ0) is 32.9. The fourth-order valence-corrected chi connectivity index (χ4v) is 5.06. The molecule has 240 valence electrons. The number of nitrogens with zero attached hydrogens (tertiary/aromatic N) is 4. The molecule has 0 aliphatic carbocycles.